The van der Waals surface area contributed by atoms with E-state index < -0.39 is 0 Å². The van der Waals surface area contributed by atoms with Crippen LogP contribution in [0.25, 0.3) is 6.08 Å². The predicted molar refractivity (Wildman–Crippen MR) is 62.7 cm³/mol. The number of hydrogen-bond acceptors (Lipinski definition) is 1. The second-order valence-electron chi connectivity index (χ2n) is 4.07. The Labute approximate surface area is 90.2 Å². The Kier molecular flexibility index (Phi) is 2.35. The van der Waals surface area contributed by atoms with Crippen LogP contribution >= 0.6 is 0 Å². The van der Waals surface area contributed by atoms with Crippen molar-refractivity contribution in [2.45, 2.75) is 13.8 Å². The van der Waals surface area contributed by atoms with E-state index in [1.165, 1.54) is 0 Å². The molecule has 1 unspecified atom stereocenters. The van der Waals surface area contributed by atoms with Crippen molar-refractivity contribution in [2.24, 2.45) is 5.92 Å². The fraction of sp³-hybridized carbons (Fsp3) is 0.308. The molecule has 2 rings (SSSR count). The highest BCUT2D eigenvalue weighted by Crippen LogP contribution is 2.29. The average Bonchev–Trinajstić information content (AvgIpc) is 2.32. The molecule has 0 spiro atoms. The van der Waals surface area contributed by atoms with Gasteiger partial charge >= 0.3 is 0 Å². The molecular weight excluding hydrogens is 186 g/mol. The molecule has 1 aliphatic heterocycles. The van der Waals surface area contributed by atoms with Gasteiger partial charge in [-0.2, -0.15) is 0 Å². The maximum absolute atomic E-state index is 12.0. The molecule has 0 saturated heterocycles. The standard InChI is InChI=1S/C13H15NO/c1-9-8-11-6-4-5-7-12(11)14(3)13(15)10(9)2/h4-8,10H,1-3H3. The highest BCUT2D eigenvalue weighted by Gasteiger charge is 2.24. The van der Waals surface area contributed by atoms with Crippen LogP contribution in [-0.2, 0) is 4.79 Å². The van der Waals surface area contributed by atoms with Crippen molar-refractivity contribution in [3.63, 3.8) is 0 Å². The normalized spacial score (nSPS) is 20.7. The van der Waals surface area contributed by atoms with Crippen molar-refractivity contribution in [3.8, 4) is 0 Å². The summed E-state index contributed by atoms with van der Waals surface area (Å²) in [7, 11) is 1.84. The van der Waals surface area contributed by atoms with Crippen LogP contribution in [0.3, 0.4) is 0 Å². The van der Waals surface area contributed by atoms with Gasteiger partial charge in [0.25, 0.3) is 0 Å². The van der Waals surface area contributed by atoms with Crippen LogP contribution in [0, 0.1) is 5.92 Å². The third-order valence-corrected chi connectivity index (χ3v) is 3.07. The average molecular weight is 201 g/mol. The lowest BCUT2D eigenvalue weighted by atomic mass is 10.0. The minimum absolute atomic E-state index is 0.0256. The van der Waals surface area contributed by atoms with Crippen molar-refractivity contribution in [1.29, 1.82) is 0 Å². The Morgan fingerprint density at radius 1 is 1.27 bits per heavy atom. The third-order valence-electron chi connectivity index (χ3n) is 3.07. The van der Waals surface area contributed by atoms with Gasteiger partial charge in [0.15, 0.2) is 0 Å². The molecule has 1 aromatic carbocycles. The minimum Gasteiger partial charge on any atom is -0.314 e. The molecule has 1 amide bonds. The van der Waals surface area contributed by atoms with E-state index in [1.807, 2.05) is 45.2 Å². The number of anilines is 1. The fourth-order valence-electron chi connectivity index (χ4n) is 1.89. The highest BCUT2D eigenvalue weighted by molar-refractivity contribution is 6.00. The molecule has 1 aliphatic rings. The van der Waals surface area contributed by atoms with Gasteiger partial charge in [-0.1, -0.05) is 29.8 Å². The summed E-state index contributed by atoms with van der Waals surface area (Å²) in [4.78, 5) is 13.7. The Balaban J connectivity index is 2.61. The zero-order chi connectivity index (χ0) is 11.0. The summed E-state index contributed by atoms with van der Waals surface area (Å²) in [6.07, 6.45) is 2.10. The molecule has 1 heterocycles. The van der Waals surface area contributed by atoms with Gasteiger partial charge in [-0.05, 0) is 25.5 Å². The molecule has 0 radical (unpaired) electrons. The van der Waals surface area contributed by atoms with E-state index in [-0.39, 0.29) is 11.8 Å². The highest BCUT2D eigenvalue weighted by atomic mass is 16.2. The van der Waals surface area contributed by atoms with Gasteiger partial charge in [0.05, 0.1) is 11.6 Å². The summed E-state index contributed by atoms with van der Waals surface area (Å²) in [5.74, 6) is 0.135. The van der Waals surface area contributed by atoms with Crippen LogP contribution in [0.15, 0.2) is 29.8 Å². The first-order valence-corrected chi connectivity index (χ1v) is 5.16. The molecule has 0 saturated carbocycles. The van der Waals surface area contributed by atoms with Crippen LogP contribution in [0.5, 0.6) is 0 Å². The third kappa shape index (κ3) is 1.56. The summed E-state index contributed by atoms with van der Waals surface area (Å²) in [5, 5.41) is 0. The summed E-state index contributed by atoms with van der Waals surface area (Å²) in [6.45, 7) is 3.97. The maximum Gasteiger partial charge on any atom is 0.233 e. The van der Waals surface area contributed by atoms with E-state index >= 15 is 0 Å². The number of para-hydroxylation sites is 1. The molecule has 0 fully saturated rings. The number of benzene rings is 1. The number of hydrogen-bond donors (Lipinski definition) is 0. The molecular formula is C13H15NO. The topological polar surface area (TPSA) is 20.3 Å². The maximum atomic E-state index is 12.0. The molecule has 2 heteroatoms. The van der Waals surface area contributed by atoms with Crippen LogP contribution in [0.4, 0.5) is 5.69 Å². The van der Waals surface area contributed by atoms with Gasteiger partial charge in [-0.3, -0.25) is 4.79 Å². The summed E-state index contributed by atoms with van der Waals surface area (Å²) in [5.41, 5.74) is 3.23. The Bertz CT molecular complexity index is 434. The van der Waals surface area contributed by atoms with Gasteiger partial charge in [0, 0.05) is 7.05 Å². The fourth-order valence-corrected chi connectivity index (χ4v) is 1.89. The lowest BCUT2D eigenvalue weighted by molar-refractivity contribution is -0.120. The Hall–Kier alpha value is -1.57. The van der Waals surface area contributed by atoms with Crippen molar-refractivity contribution >= 4 is 17.7 Å². The minimum atomic E-state index is -0.0256. The molecule has 2 nitrogen and oxygen atoms in total. The summed E-state index contributed by atoms with van der Waals surface area (Å²) in [6, 6.07) is 7.98. The molecule has 15 heavy (non-hydrogen) atoms. The van der Waals surface area contributed by atoms with Gasteiger partial charge in [-0.25, -0.2) is 0 Å². The van der Waals surface area contributed by atoms with Crippen molar-refractivity contribution in [2.75, 3.05) is 11.9 Å². The Morgan fingerprint density at radius 2 is 1.93 bits per heavy atom. The largest absolute Gasteiger partial charge is 0.314 e. The summed E-state index contributed by atoms with van der Waals surface area (Å²) >= 11 is 0. The number of nitrogens with zero attached hydrogens (tertiary/aromatic N) is 1. The molecule has 1 atom stereocenters. The van der Waals surface area contributed by atoms with Crippen molar-refractivity contribution < 1.29 is 4.79 Å². The van der Waals surface area contributed by atoms with Crippen LogP contribution in [0.2, 0.25) is 0 Å². The van der Waals surface area contributed by atoms with Crippen LogP contribution in [-0.4, -0.2) is 13.0 Å². The van der Waals surface area contributed by atoms with E-state index in [0.29, 0.717) is 0 Å². The van der Waals surface area contributed by atoms with Crippen molar-refractivity contribution in [1.82, 2.24) is 0 Å². The molecule has 0 aromatic heterocycles. The van der Waals surface area contributed by atoms with E-state index in [9.17, 15) is 4.79 Å². The van der Waals surface area contributed by atoms with Gasteiger partial charge in [0.1, 0.15) is 0 Å². The zero-order valence-electron chi connectivity index (χ0n) is 9.32. The van der Waals surface area contributed by atoms with Gasteiger partial charge < -0.3 is 4.90 Å². The number of carbonyl (C=O) groups excluding carboxylic acids is 1. The SMILES string of the molecule is CC1=Cc2ccccc2N(C)C(=O)C1C. The lowest BCUT2D eigenvalue weighted by Crippen LogP contribution is -2.31. The smallest absolute Gasteiger partial charge is 0.233 e. The molecule has 0 aliphatic carbocycles. The summed E-state index contributed by atoms with van der Waals surface area (Å²) < 4.78 is 0. The number of fused-ring (bicyclic) bond motifs is 1. The molecule has 0 bridgehead atoms. The van der Waals surface area contributed by atoms with Gasteiger partial charge in [-0.15, -0.1) is 0 Å². The molecule has 0 N–H and O–H groups in total. The molecule has 78 valence electrons. The van der Waals surface area contributed by atoms with E-state index in [4.69, 9.17) is 0 Å². The first kappa shape index (κ1) is 9.97. The van der Waals surface area contributed by atoms with Crippen LogP contribution in [0.1, 0.15) is 19.4 Å². The number of carbonyl (C=O) groups is 1. The first-order chi connectivity index (χ1) is 7.11. The zero-order valence-corrected chi connectivity index (χ0v) is 9.32. The van der Waals surface area contributed by atoms with Gasteiger partial charge in [0.2, 0.25) is 5.91 Å². The quantitative estimate of drug-likeness (QED) is 0.632. The van der Waals surface area contributed by atoms with E-state index in [1.54, 1.807) is 4.90 Å². The number of amides is 1. The molecule has 1 aromatic rings. The van der Waals surface area contributed by atoms with Crippen LogP contribution < -0.4 is 4.90 Å². The van der Waals surface area contributed by atoms with E-state index in [0.717, 1.165) is 16.8 Å². The number of rotatable bonds is 0. The predicted octanol–water partition coefficient (Wildman–Crippen LogP) is 2.70. The van der Waals surface area contributed by atoms with E-state index in [2.05, 4.69) is 6.08 Å². The second-order valence-corrected chi connectivity index (χ2v) is 4.07. The monoisotopic (exact) mass is 201 g/mol. The van der Waals surface area contributed by atoms with Crippen molar-refractivity contribution in [3.05, 3.63) is 35.4 Å². The lowest BCUT2D eigenvalue weighted by Gasteiger charge is -2.20. The second kappa shape index (κ2) is 3.54. The first-order valence-electron chi connectivity index (χ1n) is 5.16. The Morgan fingerprint density at radius 3 is 2.67 bits per heavy atom.